The maximum atomic E-state index is 12.3. The summed E-state index contributed by atoms with van der Waals surface area (Å²) in [6.45, 7) is 1.68. The van der Waals surface area contributed by atoms with Crippen molar-refractivity contribution >= 4 is 47.8 Å². The second-order valence-electron chi connectivity index (χ2n) is 4.62. The number of rotatable bonds is 4. The molecule has 1 amide bonds. The van der Waals surface area contributed by atoms with Gasteiger partial charge in [0.05, 0.1) is 4.90 Å². The lowest BCUT2D eigenvalue weighted by Gasteiger charge is -2.11. The van der Waals surface area contributed by atoms with E-state index in [2.05, 4.69) is 42.1 Å². The van der Waals surface area contributed by atoms with Gasteiger partial charge in [-0.2, -0.15) is 0 Å². The molecule has 6 nitrogen and oxygen atoms in total. The van der Waals surface area contributed by atoms with Crippen molar-refractivity contribution in [2.24, 2.45) is 7.05 Å². The van der Waals surface area contributed by atoms with Gasteiger partial charge in [-0.1, -0.05) is 22.0 Å². The van der Waals surface area contributed by atoms with E-state index in [0.29, 0.717) is 15.7 Å². The molecule has 2 rings (SSSR count). The molecule has 1 aromatic carbocycles. The van der Waals surface area contributed by atoms with Gasteiger partial charge in [0.2, 0.25) is 0 Å². The molecule has 118 valence electrons. The average Bonchev–Trinajstić information content (AvgIpc) is 2.78. The first kappa shape index (κ1) is 17.2. The highest BCUT2D eigenvalue weighted by Crippen LogP contribution is 2.20. The number of carbonyl (C=O) groups is 1. The van der Waals surface area contributed by atoms with Crippen molar-refractivity contribution in [1.82, 2.24) is 14.8 Å². The van der Waals surface area contributed by atoms with E-state index in [0.717, 1.165) is 4.47 Å². The van der Waals surface area contributed by atoms with E-state index in [9.17, 15) is 13.2 Å². The Morgan fingerprint density at radius 1 is 1.18 bits per heavy atom. The molecule has 1 heterocycles. The standard InChI is InChI=1S/C13H13Br2N3O3S/c1-8-3-4-9(14)6-12(8)22(20,21)17-16-13(19)11-5-10(15)7-18(11)2/h3-7,17H,1-2H3,(H,16,19). The number of nitrogens with one attached hydrogen (secondary N) is 2. The molecule has 2 N–H and O–H groups in total. The van der Waals surface area contributed by atoms with Crippen LogP contribution >= 0.6 is 31.9 Å². The van der Waals surface area contributed by atoms with Crippen LogP contribution in [0.3, 0.4) is 0 Å². The Labute approximate surface area is 145 Å². The molecule has 0 bridgehead atoms. The fourth-order valence-electron chi connectivity index (χ4n) is 1.85. The molecule has 0 spiro atoms. The minimum atomic E-state index is -3.86. The Kier molecular flexibility index (Phi) is 5.10. The summed E-state index contributed by atoms with van der Waals surface area (Å²) in [4.78, 5) is 14.2. The summed E-state index contributed by atoms with van der Waals surface area (Å²) in [6.07, 6.45) is 1.70. The van der Waals surface area contributed by atoms with Crippen molar-refractivity contribution in [2.45, 2.75) is 11.8 Å². The third-order valence-electron chi connectivity index (χ3n) is 2.94. The molecule has 0 fully saturated rings. The zero-order valence-electron chi connectivity index (χ0n) is 11.7. The smallest absolute Gasteiger partial charge is 0.282 e. The van der Waals surface area contributed by atoms with Crippen molar-refractivity contribution in [2.75, 3.05) is 0 Å². The van der Waals surface area contributed by atoms with Gasteiger partial charge in [-0.25, -0.2) is 8.42 Å². The second kappa shape index (κ2) is 6.53. The van der Waals surface area contributed by atoms with Crippen LogP contribution in [0.4, 0.5) is 0 Å². The number of nitrogens with zero attached hydrogens (tertiary/aromatic N) is 1. The molecule has 0 radical (unpaired) electrons. The minimum absolute atomic E-state index is 0.0928. The zero-order chi connectivity index (χ0) is 16.5. The maximum Gasteiger partial charge on any atom is 0.282 e. The third-order valence-corrected chi connectivity index (χ3v) is 5.26. The van der Waals surface area contributed by atoms with Gasteiger partial charge in [0.15, 0.2) is 0 Å². The number of hydrogen-bond donors (Lipinski definition) is 2. The van der Waals surface area contributed by atoms with Crippen LogP contribution in [0.2, 0.25) is 0 Å². The molecular formula is C13H13Br2N3O3S. The first-order valence-corrected chi connectivity index (χ1v) is 9.18. The number of hydrogen-bond acceptors (Lipinski definition) is 3. The first-order valence-electron chi connectivity index (χ1n) is 6.11. The molecule has 9 heteroatoms. The summed E-state index contributed by atoms with van der Waals surface area (Å²) < 4.78 is 27.5. The molecular weight excluding hydrogens is 438 g/mol. The van der Waals surface area contributed by atoms with Crippen molar-refractivity contribution in [3.05, 3.63) is 50.7 Å². The minimum Gasteiger partial charge on any atom is -0.345 e. The van der Waals surface area contributed by atoms with Crippen LogP contribution in [0, 0.1) is 6.92 Å². The fourth-order valence-corrected chi connectivity index (χ4v) is 3.99. The lowest BCUT2D eigenvalue weighted by Crippen LogP contribution is -2.42. The quantitative estimate of drug-likeness (QED) is 0.702. The van der Waals surface area contributed by atoms with Gasteiger partial charge in [0.1, 0.15) is 5.69 Å². The van der Waals surface area contributed by atoms with Crippen LogP contribution in [0.15, 0.2) is 44.3 Å². The van der Waals surface area contributed by atoms with E-state index in [1.165, 1.54) is 6.07 Å². The SMILES string of the molecule is Cc1ccc(Br)cc1S(=O)(=O)NNC(=O)c1cc(Br)cn1C. The summed E-state index contributed by atoms with van der Waals surface area (Å²) in [5, 5.41) is 0. The van der Waals surface area contributed by atoms with Gasteiger partial charge in [0.25, 0.3) is 15.9 Å². The van der Waals surface area contributed by atoms with Crippen LogP contribution in [-0.2, 0) is 17.1 Å². The lowest BCUT2D eigenvalue weighted by atomic mass is 10.2. The Hall–Kier alpha value is -1.16. The van der Waals surface area contributed by atoms with Gasteiger partial charge in [0, 0.05) is 22.2 Å². The molecule has 0 aliphatic heterocycles. The first-order chi connectivity index (χ1) is 10.2. The predicted molar refractivity (Wildman–Crippen MR) is 89.8 cm³/mol. The van der Waals surface area contributed by atoms with Crippen molar-refractivity contribution < 1.29 is 13.2 Å². The highest BCUT2D eigenvalue weighted by molar-refractivity contribution is 9.10. The molecule has 0 aliphatic rings. The van der Waals surface area contributed by atoms with Crippen LogP contribution in [0.5, 0.6) is 0 Å². The molecule has 2 aromatic rings. The Balaban J connectivity index is 2.18. The summed E-state index contributed by atoms with van der Waals surface area (Å²) in [5.74, 6) is -0.551. The second-order valence-corrected chi connectivity index (χ2v) is 8.11. The van der Waals surface area contributed by atoms with E-state index in [4.69, 9.17) is 0 Å². The van der Waals surface area contributed by atoms with Crippen LogP contribution < -0.4 is 10.3 Å². The Morgan fingerprint density at radius 3 is 2.45 bits per heavy atom. The molecule has 0 unspecified atom stereocenters. The van der Waals surface area contributed by atoms with Crippen molar-refractivity contribution in [3.8, 4) is 0 Å². The Morgan fingerprint density at radius 2 is 1.86 bits per heavy atom. The van der Waals surface area contributed by atoms with Gasteiger partial charge in [-0.3, -0.25) is 10.2 Å². The van der Waals surface area contributed by atoms with E-state index < -0.39 is 15.9 Å². The third kappa shape index (κ3) is 3.78. The number of aromatic nitrogens is 1. The number of sulfonamides is 1. The van der Waals surface area contributed by atoms with Crippen molar-refractivity contribution in [1.29, 1.82) is 0 Å². The largest absolute Gasteiger partial charge is 0.345 e. The number of halogens is 2. The monoisotopic (exact) mass is 449 g/mol. The predicted octanol–water partition coefficient (Wildman–Crippen LogP) is 2.48. The number of hydrazine groups is 1. The highest BCUT2D eigenvalue weighted by atomic mass is 79.9. The zero-order valence-corrected chi connectivity index (χ0v) is 15.7. The maximum absolute atomic E-state index is 12.3. The molecule has 22 heavy (non-hydrogen) atoms. The number of benzene rings is 1. The van der Waals surface area contributed by atoms with E-state index in [1.54, 1.807) is 42.9 Å². The van der Waals surface area contributed by atoms with Crippen LogP contribution in [-0.4, -0.2) is 18.9 Å². The normalized spacial score (nSPS) is 11.5. The topological polar surface area (TPSA) is 80.2 Å². The van der Waals surface area contributed by atoms with Crippen molar-refractivity contribution in [3.63, 3.8) is 0 Å². The lowest BCUT2D eigenvalue weighted by molar-refractivity contribution is 0.0937. The van der Waals surface area contributed by atoms with E-state index >= 15 is 0 Å². The summed E-state index contributed by atoms with van der Waals surface area (Å²) in [7, 11) is -2.17. The number of aryl methyl sites for hydroxylation is 2. The molecule has 0 saturated carbocycles. The molecule has 0 atom stereocenters. The Bertz CT molecular complexity index is 831. The average molecular weight is 451 g/mol. The summed E-state index contributed by atoms with van der Waals surface area (Å²) in [6, 6.07) is 6.49. The van der Waals surface area contributed by atoms with E-state index in [-0.39, 0.29) is 4.90 Å². The highest BCUT2D eigenvalue weighted by Gasteiger charge is 2.19. The number of carbonyl (C=O) groups excluding carboxylic acids is 1. The van der Waals surface area contributed by atoms with E-state index in [1.807, 2.05) is 0 Å². The van der Waals surface area contributed by atoms with Crippen LogP contribution in [0.1, 0.15) is 16.1 Å². The van der Waals surface area contributed by atoms with Crippen LogP contribution in [0.25, 0.3) is 0 Å². The fraction of sp³-hybridized carbons (Fsp3) is 0.154. The van der Waals surface area contributed by atoms with Gasteiger partial charge < -0.3 is 4.57 Å². The molecule has 0 saturated heterocycles. The summed E-state index contributed by atoms with van der Waals surface area (Å²) in [5.41, 5.74) is 3.10. The number of amides is 1. The summed E-state index contributed by atoms with van der Waals surface area (Å²) >= 11 is 6.48. The molecule has 0 aliphatic carbocycles. The molecule has 1 aromatic heterocycles. The van der Waals surface area contributed by atoms with Gasteiger partial charge in [-0.05, 0) is 46.6 Å². The van der Waals surface area contributed by atoms with Gasteiger partial charge in [-0.15, -0.1) is 4.83 Å². The van der Waals surface area contributed by atoms with Gasteiger partial charge >= 0.3 is 0 Å².